The highest BCUT2D eigenvalue weighted by molar-refractivity contribution is 5.81. The van der Waals surface area contributed by atoms with Crippen molar-refractivity contribution in [3.63, 3.8) is 0 Å². The molecule has 4 heteroatoms. The Labute approximate surface area is 149 Å². The van der Waals surface area contributed by atoms with Crippen LogP contribution in [0.1, 0.15) is 49.8 Å². The second kappa shape index (κ2) is 7.03. The number of carboxylic acid groups (broad SMARTS) is 2. The van der Waals surface area contributed by atoms with Gasteiger partial charge in [-0.05, 0) is 69.1 Å². The van der Waals surface area contributed by atoms with Crippen LogP contribution in [0.2, 0.25) is 0 Å². The molecular weight excluding hydrogens is 316 g/mol. The first-order chi connectivity index (χ1) is 11.6. The lowest BCUT2D eigenvalue weighted by Crippen LogP contribution is -2.46. The van der Waals surface area contributed by atoms with E-state index in [0.717, 1.165) is 6.42 Å². The van der Waals surface area contributed by atoms with E-state index in [-0.39, 0.29) is 12.3 Å². The van der Waals surface area contributed by atoms with Crippen molar-refractivity contribution in [3.8, 4) is 0 Å². The summed E-state index contributed by atoms with van der Waals surface area (Å²) in [7, 11) is 0. The summed E-state index contributed by atoms with van der Waals surface area (Å²) in [4.78, 5) is 23.7. The fourth-order valence-electron chi connectivity index (χ4n) is 3.83. The molecule has 1 aliphatic rings. The van der Waals surface area contributed by atoms with E-state index in [1.54, 1.807) is 19.9 Å². The first kappa shape index (κ1) is 19.2. The molecule has 3 atom stereocenters. The lowest BCUT2D eigenvalue weighted by molar-refractivity contribution is -0.158. The number of hydrogen-bond acceptors (Lipinski definition) is 2. The van der Waals surface area contributed by atoms with Crippen LogP contribution in [0, 0.1) is 30.6 Å². The van der Waals surface area contributed by atoms with Crippen LogP contribution in [0.15, 0.2) is 30.4 Å². The fourth-order valence-corrected chi connectivity index (χ4v) is 3.83. The van der Waals surface area contributed by atoms with Crippen LogP contribution in [-0.2, 0) is 16.0 Å². The summed E-state index contributed by atoms with van der Waals surface area (Å²) >= 11 is 0. The molecule has 3 unspecified atom stereocenters. The van der Waals surface area contributed by atoms with Gasteiger partial charge >= 0.3 is 11.9 Å². The van der Waals surface area contributed by atoms with Gasteiger partial charge in [0, 0.05) is 0 Å². The minimum absolute atomic E-state index is 0.134. The third kappa shape index (κ3) is 3.63. The van der Waals surface area contributed by atoms with Gasteiger partial charge in [0.1, 0.15) is 0 Å². The van der Waals surface area contributed by atoms with Gasteiger partial charge in [0.25, 0.3) is 0 Å². The molecule has 0 saturated carbocycles. The van der Waals surface area contributed by atoms with Crippen LogP contribution in [0.5, 0.6) is 0 Å². The minimum atomic E-state index is -1.08. The number of hydrogen-bond donors (Lipinski definition) is 2. The van der Waals surface area contributed by atoms with Crippen LogP contribution < -0.4 is 0 Å². The number of allylic oxidation sites excluding steroid dienone is 1. The average Bonchev–Trinajstić information content (AvgIpc) is 2.56. The maximum Gasteiger partial charge on any atom is 0.313 e. The summed E-state index contributed by atoms with van der Waals surface area (Å²) in [6, 6.07) is 6.32. The third-order valence-corrected chi connectivity index (χ3v) is 6.01. The van der Waals surface area contributed by atoms with Gasteiger partial charge in [0.2, 0.25) is 0 Å². The summed E-state index contributed by atoms with van der Waals surface area (Å²) in [6.45, 7) is 7.64. The van der Waals surface area contributed by atoms with E-state index in [1.165, 1.54) is 16.7 Å². The zero-order valence-corrected chi connectivity index (χ0v) is 15.5. The molecule has 25 heavy (non-hydrogen) atoms. The molecule has 0 fully saturated rings. The summed E-state index contributed by atoms with van der Waals surface area (Å²) in [5.74, 6) is -2.03. The van der Waals surface area contributed by atoms with E-state index in [0.29, 0.717) is 12.8 Å². The largest absolute Gasteiger partial charge is 0.481 e. The minimum Gasteiger partial charge on any atom is -0.481 e. The van der Waals surface area contributed by atoms with Gasteiger partial charge in [-0.25, -0.2) is 0 Å². The monoisotopic (exact) mass is 344 g/mol. The Morgan fingerprint density at radius 3 is 2.36 bits per heavy atom. The van der Waals surface area contributed by atoms with Gasteiger partial charge in [-0.15, -0.1) is 0 Å². The quantitative estimate of drug-likeness (QED) is 0.751. The molecule has 1 aromatic carbocycles. The molecular formula is C21H28O4. The van der Waals surface area contributed by atoms with Crippen molar-refractivity contribution in [1.29, 1.82) is 0 Å². The fraction of sp³-hybridized carbons (Fsp3) is 0.524. The van der Waals surface area contributed by atoms with E-state index in [9.17, 15) is 19.8 Å². The molecule has 0 aromatic heterocycles. The highest BCUT2D eigenvalue weighted by Crippen LogP contribution is 2.49. The van der Waals surface area contributed by atoms with Gasteiger partial charge in [-0.2, -0.15) is 0 Å². The molecule has 4 nitrogen and oxygen atoms in total. The predicted molar refractivity (Wildman–Crippen MR) is 97.6 cm³/mol. The summed E-state index contributed by atoms with van der Waals surface area (Å²) < 4.78 is 0. The standard InChI is InChI=1S/C21H28O4/c1-5-21(19(24)25)11-10-17(20(4,13-21)18(22)23)9-8-16-7-6-14(2)15(3)12-16/h6-7,10-12,17H,5,8-9,13H2,1-4H3,(H,22,23)(H,24,25). The Morgan fingerprint density at radius 2 is 1.84 bits per heavy atom. The van der Waals surface area contributed by atoms with Crippen molar-refractivity contribution < 1.29 is 19.8 Å². The third-order valence-electron chi connectivity index (χ3n) is 6.01. The summed E-state index contributed by atoms with van der Waals surface area (Å²) in [6.07, 6.45) is 5.56. The first-order valence-electron chi connectivity index (χ1n) is 8.87. The lowest BCUT2D eigenvalue weighted by atomic mass is 9.59. The lowest BCUT2D eigenvalue weighted by Gasteiger charge is -2.42. The van der Waals surface area contributed by atoms with E-state index in [1.807, 2.05) is 6.08 Å². The zero-order valence-electron chi connectivity index (χ0n) is 15.5. The number of carbonyl (C=O) groups is 2. The molecule has 1 aromatic rings. The average molecular weight is 344 g/mol. The van der Waals surface area contributed by atoms with Crippen molar-refractivity contribution in [2.24, 2.45) is 16.7 Å². The molecule has 2 rings (SSSR count). The van der Waals surface area contributed by atoms with Crippen molar-refractivity contribution in [3.05, 3.63) is 47.0 Å². The smallest absolute Gasteiger partial charge is 0.313 e. The molecule has 0 amide bonds. The van der Waals surface area contributed by atoms with E-state index >= 15 is 0 Å². The number of rotatable bonds is 6. The molecule has 2 N–H and O–H groups in total. The molecule has 0 heterocycles. The van der Waals surface area contributed by atoms with Crippen LogP contribution in [0.25, 0.3) is 0 Å². The molecule has 136 valence electrons. The normalized spacial score (nSPS) is 28.7. The second-order valence-corrected chi connectivity index (χ2v) is 7.64. The van der Waals surface area contributed by atoms with Crippen LogP contribution >= 0.6 is 0 Å². The van der Waals surface area contributed by atoms with E-state index < -0.39 is 22.8 Å². The Balaban J connectivity index is 2.26. The zero-order chi connectivity index (χ0) is 18.8. The van der Waals surface area contributed by atoms with Gasteiger partial charge < -0.3 is 10.2 Å². The number of aryl methyl sites for hydroxylation is 3. The number of aliphatic carboxylic acids is 2. The summed E-state index contributed by atoms with van der Waals surface area (Å²) in [5.41, 5.74) is 1.52. The van der Waals surface area contributed by atoms with Gasteiger partial charge in [0.15, 0.2) is 0 Å². The maximum absolute atomic E-state index is 12.0. The number of benzene rings is 1. The van der Waals surface area contributed by atoms with Crippen molar-refractivity contribution in [2.45, 2.75) is 53.4 Å². The van der Waals surface area contributed by atoms with Gasteiger partial charge in [-0.3, -0.25) is 9.59 Å². The Bertz CT molecular complexity index is 706. The maximum atomic E-state index is 12.0. The highest BCUT2D eigenvalue weighted by atomic mass is 16.4. The second-order valence-electron chi connectivity index (χ2n) is 7.64. The van der Waals surface area contributed by atoms with E-state index in [2.05, 4.69) is 32.0 Å². The van der Waals surface area contributed by atoms with Crippen LogP contribution in [0.4, 0.5) is 0 Å². The molecule has 0 radical (unpaired) electrons. The van der Waals surface area contributed by atoms with Crippen LogP contribution in [0.3, 0.4) is 0 Å². The SMILES string of the molecule is CCC1(C(=O)O)C=CC(CCc2ccc(C)c(C)c2)C(C)(C(=O)O)C1. The number of carboxylic acids is 2. The topological polar surface area (TPSA) is 74.6 Å². The molecule has 0 spiro atoms. The van der Waals surface area contributed by atoms with Gasteiger partial charge in [-0.1, -0.05) is 37.3 Å². The van der Waals surface area contributed by atoms with Crippen LogP contribution in [-0.4, -0.2) is 22.2 Å². The Hall–Kier alpha value is -2.10. The Kier molecular flexibility index (Phi) is 5.40. The predicted octanol–water partition coefficient (Wildman–Crippen LogP) is 4.38. The van der Waals surface area contributed by atoms with Gasteiger partial charge in [0.05, 0.1) is 10.8 Å². The molecule has 1 aliphatic carbocycles. The molecule has 0 aliphatic heterocycles. The first-order valence-corrected chi connectivity index (χ1v) is 8.87. The van der Waals surface area contributed by atoms with Crippen molar-refractivity contribution >= 4 is 11.9 Å². The summed E-state index contributed by atoms with van der Waals surface area (Å²) in [5, 5.41) is 19.4. The Morgan fingerprint density at radius 1 is 1.16 bits per heavy atom. The van der Waals surface area contributed by atoms with Crippen molar-refractivity contribution in [2.75, 3.05) is 0 Å². The van der Waals surface area contributed by atoms with E-state index in [4.69, 9.17) is 0 Å². The van der Waals surface area contributed by atoms with Crippen molar-refractivity contribution in [1.82, 2.24) is 0 Å². The molecule has 0 bridgehead atoms. The molecule has 0 saturated heterocycles. The highest BCUT2D eigenvalue weighted by Gasteiger charge is 2.51.